The number of methoxy groups -OCH3 is 1. The third kappa shape index (κ3) is 4.10. The summed E-state index contributed by atoms with van der Waals surface area (Å²) < 4.78 is 18.8. The standard InChI is InChI=1S/C21H22FNO3/c1-26-20-10-9-17(22)13-18(20)21(25)23-11-5-8-16(14-23)19(24)12-15-6-3-2-4-7-15/h2-4,6-7,9-10,13,16H,5,8,11-12,14H2,1H3/t16-/m1/s1. The molecule has 1 amide bonds. The fourth-order valence-electron chi connectivity index (χ4n) is 3.38. The van der Waals surface area contributed by atoms with E-state index in [1.54, 1.807) is 4.90 Å². The van der Waals surface area contributed by atoms with Crippen LogP contribution in [0.1, 0.15) is 28.8 Å². The summed E-state index contributed by atoms with van der Waals surface area (Å²) in [5.74, 6) is -0.483. The van der Waals surface area contributed by atoms with Crippen molar-refractivity contribution in [2.45, 2.75) is 19.3 Å². The van der Waals surface area contributed by atoms with Crippen molar-refractivity contribution >= 4 is 11.7 Å². The normalized spacial score (nSPS) is 17.0. The van der Waals surface area contributed by atoms with Crippen LogP contribution in [0.25, 0.3) is 0 Å². The van der Waals surface area contributed by atoms with Crippen molar-refractivity contribution in [2.24, 2.45) is 5.92 Å². The van der Waals surface area contributed by atoms with E-state index in [-0.39, 0.29) is 23.2 Å². The second kappa shape index (κ2) is 8.13. The van der Waals surface area contributed by atoms with Crippen LogP contribution in [-0.4, -0.2) is 36.8 Å². The van der Waals surface area contributed by atoms with Gasteiger partial charge in [-0.05, 0) is 36.6 Å². The number of Topliss-reactive ketones (excluding diaryl/α,β-unsaturated/α-hetero) is 1. The quantitative estimate of drug-likeness (QED) is 0.825. The molecular formula is C21H22FNO3. The van der Waals surface area contributed by atoms with Crippen LogP contribution in [-0.2, 0) is 11.2 Å². The van der Waals surface area contributed by atoms with Crippen LogP contribution in [0.5, 0.6) is 5.75 Å². The minimum absolute atomic E-state index is 0.139. The molecule has 2 aromatic rings. The molecule has 0 unspecified atom stereocenters. The summed E-state index contributed by atoms with van der Waals surface area (Å²) in [5, 5.41) is 0. The highest BCUT2D eigenvalue weighted by Crippen LogP contribution is 2.25. The maximum Gasteiger partial charge on any atom is 0.257 e. The fraction of sp³-hybridized carbons (Fsp3) is 0.333. The second-order valence-corrected chi connectivity index (χ2v) is 6.56. The van der Waals surface area contributed by atoms with E-state index in [2.05, 4.69) is 0 Å². The molecule has 0 saturated carbocycles. The number of likely N-dealkylation sites (tertiary alicyclic amines) is 1. The van der Waals surface area contributed by atoms with Gasteiger partial charge in [-0.1, -0.05) is 30.3 Å². The lowest BCUT2D eigenvalue weighted by Gasteiger charge is -2.32. The Labute approximate surface area is 152 Å². The number of benzene rings is 2. The monoisotopic (exact) mass is 355 g/mol. The highest BCUT2D eigenvalue weighted by molar-refractivity contribution is 5.97. The van der Waals surface area contributed by atoms with Gasteiger partial charge in [0.1, 0.15) is 17.3 Å². The van der Waals surface area contributed by atoms with Crippen LogP contribution in [0.2, 0.25) is 0 Å². The van der Waals surface area contributed by atoms with Gasteiger partial charge in [0.05, 0.1) is 12.7 Å². The summed E-state index contributed by atoms with van der Waals surface area (Å²) in [6.07, 6.45) is 1.90. The van der Waals surface area contributed by atoms with E-state index >= 15 is 0 Å². The molecule has 0 radical (unpaired) electrons. The molecule has 136 valence electrons. The zero-order valence-electron chi connectivity index (χ0n) is 14.8. The van der Waals surface area contributed by atoms with E-state index in [1.165, 1.54) is 25.3 Å². The van der Waals surface area contributed by atoms with Crippen LogP contribution < -0.4 is 4.74 Å². The van der Waals surface area contributed by atoms with E-state index < -0.39 is 5.82 Å². The van der Waals surface area contributed by atoms with Gasteiger partial charge >= 0.3 is 0 Å². The maximum atomic E-state index is 13.6. The first-order valence-electron chi connectivity index (χ1n) is 8.78. The summed E-state index contributed by atoms with van der Waals surface area (Å²) in [7, 11) is 1.45. The smallest absolute Gasteiger partial charge is 0.257 e. The Balaban J connectivity index is 1.71. The number of carbonyl (C=O) groups is 2. The van der Waals surface area contributed by atoms with Gasteiger partial charge in [0.25, 0.3) is 5.91 Å². The number of amides is 1. The lowest BCUT2D eigenvalue weighted by atomic mass is 9.90. The number of hydrogen-bond donors (Lipinski definition) is 0. The lowest BCUT2D eigenvalue weighted by molar-refractivity contribution is -0.123. The van der Waals surface area contributed by atoms with Gasteiger partial charge in [-0.15, -0.1) is 0 Å². The SMILES string of the molecule is COc1ccc(F)cc1C(=O)N1CCC[C@@H](C(=O)Cc2ccccc2)C1. The van der Waals surface area contributed by atoms with E-state index in [0.717, 1.165) is 18.4 Å². The summed E-state index contributed by atoms with van der Waals surface area (Å²) in [5.41, 5.74) is 1.18. The number of halogens is 1. The van der Waals surface area contributed by atoms with Gasteiger partial charge in [0, 0.05) is 25.4 Å². The highest BCUT2D eigenvalue weighted by atomic mass is 19.1. The summed E-state index contributed by atoms with van der Waals surface area (Å²) >= 11 is 0. The summed E-state index contributed by atoms with van der Waals surface area (Å²) in [4.78, 5) is 27.1. The topological polar surface area (TPSA) is 46.6 Å². The lowest BCUT2D eigenvalue weighted by Crippen LogP contribution is -2.42. The van der Waals surface area contributed by atoms with Crippen LogP contribution in [0.15, 0.2) is 48.5 Å². The Morgan fingerprint density at radius 2 is 1.96 bits per heavy atom. The first-order valence-corrected chi connectivity index (χ1v) is 8.78. The molecule has 1 heterocycles. The third-order valence-electron chi connectivity index (χ3n) is 4.78. The van der Waals surface area contributed by atoms with Crippen LogP contribution in [0.4, 0.5) is 4.39 Å². The molecule has 0 aliphatic carbocycles. The Morgan fingerprint density at radius 1 is 1.19 bits per heavy atom. The average molecular weight is 355 g/mol. The summed E-state index contributed by atoms with van der Waals surface area (Å²) in [6, 6.07) is 13.5. The molecule has 1 aliphatic rings. The van der Waals surface area contributed by atoms with Crippen molar-refractivity contribution in [3.63, 3.8) is 0 Å². The highest BCUT2D eigenvalue weighted by Gasteiger charge is 2.30. The van der Waals surface area contributed by atoms with Crippen molar-refractivity contribution in [1.82, 2.24) is 4.90 Å². The minimum atomic E-state index is -0.483. The largest absolute Gasteiger partial charge is 0.496 e. The molecule has 26 heavy (non-hydrogen) atoms. The molecule has 3 rings (SSSR count). The molecule has 0 spiro atoms. The molecule has 0 bridgehead atoms. The van der Waals surface area contributed by atoms with E-state index in [1.807, 2.05) is 30.3 Å². The van der Waals surface area contributed by atoms with Gasteiger partial charge < -0.3 is 9.64 Å². The number of ether oxygens (including phenoxy) is 1. The van der Waals surface area contributed by atoms with Gasteiger partial charge in [0.2, 0.25) is 0 Å². The first kappa shape index (κ1) is 18.1. The second-order valence-electron chi connectivity index (χ2n) is 6.56. The van der Waals surface area contributed by atoms with Crippen molar-refractivity contribution in [3.05, 3.63) is 65.5 Å². The zero-order chi connectivity index (χ0) is 18.5. The Kier molecular flexibility index (Phi) is 5.66. The first-order chi connectivity index (χ1) is 12.6. The maximum absolute atomic E-state index is 13.6. The number of carbonyl (C=O) groups excluding carboxylic acids is 2. The van der Waals surface area contributed by atoms with Crippen molar-refractivity contribution in [1.29, 1.82) is 0 Å². The molecule has 0 N–H and O–H groups in total. The molecule has 2 aromatic carbocycles. The molecule has 1 atom stereocenters. The molecule has 5 heteroatoms. The summed E-state index contributed by atoms with van der Waals surface area (Å²) in [6.45, 7) is 0.928. The zero-order valence-corrected chi connectivity index (χ0v) is 14.8. The Hall–Kier alpha value is -2.69. The average Bonchev–Trinajstić information content (AvgIpc) is 2.68. The Morgan fingerprint density at radius 3 is 2.69 bits per heavy atom. The van der Waals surface area contributed by atoms with Gasteiger partial charge in [-0.3, -0.25) is 9.59 Å². The van der Waals surface area contributed by atoms with E-state index in [0.29, 0.717) is 25.3 Å². The number of rotatable bonds is 5. The third-order valence-corrected chi connectivity index (χ3v) is 4.78. The van der Waals surface area contributed by atoms with Crippen molar-refractivity contribution in [3.8, 4) is 5.75 Å². The molecule has 4 nitrogen and oxygen atoms in total. The van der Waals surface area contributed by atoms with Crippen LogP contribution in [0, 0.1) is 11.7 Å². The predicted molar refractivity (Wildman–Crippen MR) is 96.7 cm³/mol. The predicted octanol–water partition coefficient (Wildman–Crippen LogP) is 3.50. The molecule has 1 saturated heterocycles. The van der Waals surface area contributed by atoms with E-state index in [9.17, 15) is 14.0 Å². The number of ketones is 1. The van der Waals surface area contributed by atoms with Crippen molar-refractivity contribution in [2.75, 3.05) is 20.2 Å². The number of piperidine rings is 1. The van der Waals surface area contributed by atoms with Crippen molar-refractivity contribution < 1.29 is 18.7 Å². The van der Waals surface area contributed by atoms with Gasteiger partial charge in [0.15, 0.2) is 0 Å². The molecular weight excluding hydrogens is 333 g/mol. The Bertz CT molecular complexity index is 791. The van der Waals surface area contributed by atoms with Crippen LogP contribution >= 0.6 is 0 Å². The number of nitrogens with zero attached hydrogens (tertiary/aromatic N) is 1. The minimum Gasteiger partial charge on any atom is -0.496 e. The molecule has 0 aromatic heterocycles. The number of hydrogen-bond acceptors (Lipinski definition) is 3. The van der Waals surface area contributed by atoms with Gasteiger partial charge in [-0.2, -0.15) is 0 Å². The van der Waals surface area contributed by atoms with E-state index in [4.69, 9.17) is 4.74 Å². The van der Waals surface area contributed by atoms with Crippen LogP contribution in [0.3, 0.4) is 0 Å². The fourth-order valence-corrected chi connectivity index (χ4v) is 3.38. The molecule has 1 fully saturated rings. The van der Waals surface area contributed by atoms with Gasteiger partial charge in [-0.25, -0.2) is 4.39 Å². The molecule has 1 aliphatic heterocycles.